The van der Waals surface area contributed by atoms with Crippen LogP contribution in [0.5, 0.6) is 0 Å². The van der Waals surface area contributed by atoms with E-state index in [1.54, 1.807) is 0 Å². The number of rotatable bonds is 7. The van der Waals surface area contributed by atoms with Crippen molar-refractivity contribution in [3.8, 4) is 0 Å². The van der Waals surface area contributed by atoms with E-state index in [4.69, 9.17) is 4.55 Å². The highest BCUT2D eigenvalue weighted by Crippen LogP contribution is 2.53. The molecule has 0 aromatic rings. The van der Waals surface area contributed by atoms with Gasteiger partial charge in [0, 0.05) is 12.1 Å². The van der Waals surface area contributed by atoms with E-state index in [0.717, 1.165) is 51.4 Å². The molecule has 1 heterocycles. The predicted octanol–water partition coefficient (Wildman–Crippen LogP) is 3.49. The summed E-state index contributed by atoms with van der Waals surface area (Å²) in [7, 11) is -6.46. The molecule has 1 aliphatic heterocycles. The fourth-order valence-corrected chi connectivity index (χ4v) is 6.91. The summed E-state index contributed by atoms with van der Waals surface area (Å²) in [4.78, 5) is 25.6. The van der Waals surface area contributed by atoms with Gasteiger partial charge in [-0.15, -0.1) is 11.8 Å². The Morgan fingerprint density at radius 2 is 1.27 bits per heavy atom. The minimum atomic E-state index is -6.46. The van der Waals surface area contributed by atoms with Gasteiger partial charge in [0.25, 0.3) is 0 Å². The van der Waals surface area contributed by atoms with Gasteiger partial charge >= 0.3 is 21.3 Å². The van der Waals surface area contributed by atoms with Crippen molar-refractivity contribution in [2.24, 2.45) is 5.92 Å². The predicted molar refractivity (Wildman–Crippen MR) is 115 cm³/mol. The lowest BCUT2D eigenvalue weighted by Crippen LogP contribution is -2.55. The first-order chi connectivity index (χ1) is 15.3. The van der Waals surface area contributed by atoms with Crippen molar-refractivity contribution in [1.29, 1.82) is 0 Å². The minimum Gasteiger partial charge on any atom is -0.352 e. The summed E-state index contributed by atoms with van der Waals surface area (Å²) in [6.07, 6.45) is 7.31. The van der Waals surface area contributed by atoms with Gasteiger partial charge in [0.15, 0.2) is 0 Å². The Morgan fingerprint density at radius 1 is 0.818 bits per heavy atom. The SMILES string of the molecule is O=C(NC1CCCCC1)C1CC(C(F)(F)C(F)(F)S(=O)(=O)O)C(C(=O)NC2CCCCC2)S1. The summed E-state index contributed by atoms with van der Waals surface area (Å²) in [6, 6.07) is -0.446. The van der Waals surface area contributed by atoms with Crippen LogP contribution in [-0.2, 0) is 19.7 Å². The highest BCUT2D eigenvalue weighted by Gasteiger charge is 2.72. The average Bonchev–Trinajstić information content (AvgIpc) is 3.21. The third-order valence-electron chi connectivity index (χ3n) is 6.78. The number of alkyl halides is 4. The van der Waals surface area contributed by atoms with E-state index < -0.39 is 55.9 Å². The first kappa shape index (κ1) is 26.5. The van der Waals surface area contributed by atoms with Crippen LogP contribution in [0.2, 0.25) is 0 Å². The maximum Gasteiger partial charge on any atom is 0.431 e. The maximum atomic E-state index is 14.9. The lowest BCUT2D eigenvalue weighted by atomic mass is 9.90. The van der Waals surface area contributed by atoms with Crippen molar-refractivity contribution < 1.29 is 40.1 Å². The van der Waals surface area contributed by atoms with Crippen molar-refractivity contribution >= 4 is 33.7 Å². The smallest absolute Gasteiger partial charge is 0.352 e. The Labute approximate surface area is 194 Å². The monoisotopic (exact) mass is 518 g/mol. The van der Waals surface area contributed by atoms with Crippen LogP contribution in [0.15, 0.2) is 0 Å². The van der Waals surface area contributed by atoms with Crippen LogP contribution in [0.3, 0.4) is 0 Å². The highest BCUT2D eigenvalue weighted by atomic mass is 32.2. The van der Waals surface area contributed by atoms with Crippen molar-refractivity contribution in [2.75, 3.05) is 0 Å². The standard InChI is InChI=1S/C20H30F4N2O5S2/c21-19(22,20(23,24)33(29,30)31)14-11-15(17(27)25-12-7-3-1-4-8-12)32-16(14)18(28)26-13-9-5-2-6-10-13/h12-16H,1-11H2,(H,25,27)(H,26,28)(H,29,30,31). The summed E-state index contributed by atoms with van der Waals surface area (Å²) in [5.74, 6) is -9.26. The topological polar surface area (TPSA) is 113 Å². The molecule has 0 bridgehead atoms. The van der Waals surface area contributed by atoms with Gasteiger partial charge in [-0.2, -0.15) is 26.0 Å². The molecule has 3 fully saturated rings. The van der Waals surface area contributed by atoms with Crippen LogP contribution in [-0.4, -0.2) is 58.5 Å². The minimum absolute atomic E-state index is 0.153. The number of thioether (sulfide) groups is 1. The fourth-order valence-electron chi connectivity index (χ4n) is 4.89. The first-order valence-corrected chi connectivity index (χ1v) is 13.7. The Kier molecular flexibility index (Phi) is 8.25. The van der Waals surface area contributed by atoms with Crippen LogP contribution in [0, 0.1) is 5.92 Å². The molecule has 0 aromatic heterocycles. The first-order valence-electron chi connectivity index (χ1n) is 11.3. The molecule has 1 saturated heterocycles. The molecule has 33 heavy (non-hydrogen) atoms. The summed E-state index contributed by atoms with van der Waals surface area (Å²) in [5, 5.41) is -3.43. The van der Waals surface area contributed by atoms with Gasteiger partial charge in [-0.25, -0.2) is 0 Å². The van der Waals surface area contributed by atoms with E-state index >= 15 is 0 Å². The van der Waals surface area contributed by atoms with Crippen molar-refractivity contribution in [1.82, 2.24) is 10.6 Å². The summed E-state index contributed by atoms with van der Waals surface area (Å²) < 4.78 is 88.9. The van der Waals surface area contributed by atoms with E-state index in [1.165, 1.54) is 0 Å². The van der Waals surface area contributed by atoms with Crippen LogP contribution >= 0.6 is 11.8 Å². The average molecular weight is 519 g/mol. The second kappa shape index (κ2) is 10.3. The van der Waals surface area contributed by atoms with E-state index in [-0.39, 0.29) is 12.1 Å². The van der Waals surface area contributed by atoms with Crippen molar-refractivity contribution in [2.45, 2.75) is 104 Å². The largest absolute Gasteiger partial charge is 0.431 e. The van der Waals surface area contributed by atoms with Gasteiger partial charge < -0.3 is 10.6 Å². The number of hydrogen-bond acceptors (Lipinski definition) is 5. The van der Waals surface area contributed by atoms with E-state index in [2.05, 4.69) is 10.6 Å². The van der Waals surface area contributed by atoms with E-state index in [9.17, 15) is 35.6 Å². The van der Waals surface area contributed by atoms with Gasteiger partial charge in [0.1, 0.15) is 0 Å². The zero-order valence-electron chi connectivity index (χ0n) is 18.1. The van der Waals surface area contributed by atoms with Gasteiger partial charge in [-0.1, -0.05) is 38.5 Å². The lowest BCUT2D eigenvalue weighted by molar-refractivity contribution is -0.193. The number of halogens is 4. The van der Waals surface area contributed by atoms with Crippen molar-refractivity contribution in [3.05, 3.63) is 0 Å². The zero-order valence-corrected chi connectivity index (χ0v) is 19.7. The third kappa shape index (κ3) is 5.77. The second-order valence-corrected chi connectivity index (χ2v) is 12.0. The number of carbonyl (C=O) groups is 2. The molecule has 2 saturated carbocycles. The lowest BCUT2D eigenvalue weighted by Gasteiger charge is -2.32. The third-order valence-corrected chi connectivity index (χ3v) is 9.27. The summed E-state index contributed by atoms with van der Waals surface area (Å²) in [5.41, 5.74) is 0. The van der Waals surface area contributed by atoms with Crippen LogP contribution in [0.25, 0.3) is 0 Å². The highest BCUT2D eigenvalue weighted by molar-refractivity contribution is 8.02. The number of hydrogen-bond donors (Lipinski definition) is 3. The zero-order chi connectivity index (χ0) is 24.4. The Bertz CT molecular complexity index is 830. The van der Waals surface area contributed by atoms with Crippen LogP contribution < -0.4 is 10.6 Å². The molecule has 0 radical (unpaired) electrons. The summed E-state index contributed by atoms with van der Waals surface area (Å²) in [6.45, 7) is 0. The van der Waals surface area contributed by atoms with Gasteiger partial charge in [-0.05, 0) is 32.1 Å². The van der Waals surface area contributed by atoms with E-state index in [1.807, 2.05) is 0 Å². The quantitative estimate of drug-likeness (QED) is 0.351. The second-order valence-electron chi connectivity index (χ2n) is 9.19. The molecule has 0 aromatic carbocycles. The molecule has 3 aliphatic rings. The maximum absolute atomic E-state index is 14.9. The number of amides is 2. The van der Waals surface area contributed by atoms with Crippen LogP contribution in [0.4, 0.5) is 17.6 Å². The Balaban J connectivity index is 1.81. The molecule has 7 nitrogen and oxygen atoms in total. The number of carbonyl (C=O) groups excluding carboxylic acids is 2. The summed E-state index contributed by atoms with van der Waals surface area (Å²) >= 11 is 0.552. The molecule has 3 atom stereocenters. The van der Waals surface area contributed by atoms with Crippen molar-refractivity contribution in [3.63, 3.8) is 0 Å². The number of nitrogens with one attached hydrogen (secondary N) is 2. The van der Waals surface area contributed by atoms with Gasteiger partial charge in [0.2, 0.25) is 11.8 Å². The molecular weight excluding hydrogens is 488 g/mol. The molecule has 190 valence electrons. The van der Waals surface area contributed by atoms with Crippen LogP contribution in [0.1, 0.15) is 70.6 Å². The Hall–Kier alpha value is -1.08. The molecule has 2 amide bonds. The van der Waals surface area contributed by atoms with Gasteiger partial charge in [0.05, 0.1) is 16.4 Å². The Morgan fingerprint density at radius 3 is 1.73 bits per heavy atom. The van der Waals surface area contributed by atoms with Gasteiger partial charge in [-0.3, -0.25) is 14.1 Å². The normalized spacial score (nSPS) is 28.5. The molecule has 3 rings (SSSR count). The molecular formula is C20H30F4N2O5S2. The molecule has 3 N–H and O–H groups in total. The molecule has 13 heteroatoms. The fraction of sp³-hybridized carbons (Fsp3) is 0.900. The molecule has 2 aliphatic carbocycles. The molecule has 3 unspecified atom stereocenters. The molecule has 0 spiro atoms. The van der Waals surface area contributed by atoms with E-state index in [0.29, 0.717) is 24.6 Å².